The van der Waals surface area contributed by atoms with E-state index in [0.717, 1.165) is 21.9 Å². The number of nitrogens with one attached hydrogen (secondary N) is 1. The Balaban J connectivity index is 1.79. The number of aromatic amines is 1. The lowest BCUT2D eigenvalue weighted by molar-refractivity contribution is 0.973. The maximum absolute atomic E-state index is 5.95. The molecule has 0 aliphatic rings. The predicted molar refractivity (Wildman–Crippen MR) is 81.8 cm³/mol. The molecule has 0 aliphatic heterocycles. The minimum Gasteiger partial charge on any atom is -0.384 e. The van der Waals surface area contributed by atoms with Crippen LogP contribution < -0.4 is 5.73 Å². The van der Waals surface area contributed by atoms with Gasteiger partial charge in [0, 0.05) is 11.1 Å². The van der Waals surface area contributed by atoms with Gasteiger partial charge in [-0.2, -0.15) is 0 Å². The molecule has 3 aromatic rings. The Hall–Kier alpha value is -1.79. The number of thioether (sulfide) groups is 1. The summed E-state index contributed by atoms with van der Waals surface area (Å²) >= 11 is 7.52. The van der Waals surface area contributed by atoms with Crippen LogP contribution in [0.15, 0.2) is 29.3 Å². The normalized spacial score (nSPS) is 11.1. The summed E-state index contributed by atoms with van der Waals surface area (Å²) in [6.07, 6.45) is 0. The van der Waals surface area contributed by atoms with Gasteiger partial charge in [-0.25, -0.2) is 15.0 Å². The monoisotopic (exact) mass is 305 g/mol. The largest absolute Gasteiger partial charge is 0.384 e. The number of nitrogens with two attached hydrogens (primary N) is 1. The van der Waals surface area contributed by atoms with E-state index >= 15 is 0 Å². The summed E-state index contributed by atoms with van der Waals surface area (Å²) in [5.41, 5.74) is 7.55. The van der Waals surface area contributed by atoms with E-state index in [2.05, 4.69) is 19.9 Å². The molecule has 3 N–H and O–H groups in total. The van der Waals surface area contributed by atoms with Crippen molar-refractivity contribution in [2.45, 2.75) is 17.7 Å². The van der Waals surface area contributed by atoms with Gasteiger partial charge in [-0.15, -0.1) is 0 Å². The van der Waals surface area contributed by atoms with Gasteiger partial charge in [-0.05, 0) is 25.1 Å². The van der Waals surface area contributed by atoms with Crippen LogP contribution in [0.3, 0.4) is 0 Å². The third-order valence-corrected chi connectivity index (χ3v) is 3.84. The molecule has 5 nitrogen and oxygen atoms in total. The number of aromatic nitrogens is 4. The number of H-pyrrole nitrogens is 1. The molecule has 0 amide bonds. The molecule has 0 saturated heterocycles. The minimum atomic E-state index is 0.483. The summed E-state index contributed by atoms with van der Waals surface area (Å²) < 4.78 is 0. The van der Waals surface area contributed by atoms with E-state index in [1.807, 2.05) is 25.1 Å². The van der Waals surface area contributed by atoms with Gasteiger partial charge in [0.05, 0.1) is 16.8 Å². The lowest BCUT2D eigenvalue weighted by atomic mass is 10.3. The molecule has 0 bridgehead atoms. The average molecular weight is 306 g/mol. The van der Waals surface area contributed by atoms with Crippen LogP contribution >= 0.6 is 23.4 Å². The fourth-order valence-corrected chi connectivity index (χ4v) is 2.88. The van der Waals surface area contributed by atoms with Gasteiger partial charge in [-0.1, -0.05) is 23.4 Å². The van der Waals surface area contributed by atoms with Crippen LogP contribution in [0, 0.1) is 6.92 Å². The Morgan fingerprint density at radius 1 is 1.25 bits per heavy atom. The topological polar surface area (TPSA) is 80.5 Å². The highest BCUT2D eigenvalue weighted by Gasteiger charge is 2.06. The number of fused-ring (bicyclic) bond motifs is 1. The molecule has 102 valence electrons. The van der Waals surface area contributed by atoms with Crippen molar-refractivity contribution in [3.63, 3.8) is 0 Å². The van der Waals surface area contributed by atoms with E-state index in [-0.39, 0.29) is 0 Å². The van der Waals surface area contributed by atoms with Gasteiger partial charge in [0.25, 0.3) is 0 Å². The zero-order valence-electron chi connectivity index (χ0n) is 10.7. The third-order valence-electron chi connectivity index (χ3n) is 2.68. The quantitative estimate of drug-likeness (QED) is 0.574. The fourth-order valence-electron chi connectivity index (χ4n) is 1.88. The van der Waals surface area contributed by atoms with Crippen LogP contribution in [-0.4, -0.2) is 19.9 Å². The first-order valence-electron chi connectivity index (χ1n) is 5.98. The number of nitrogen functional groups attached to an aromatic ring is 1. The van der Waals surface area contributed by atoms with Crippen molar-refractivity contribution in [3.05, 3.63) is 40.9 Å². The van der Waals surface area contributed by atoms with Gasteiger partial charge in [0.15, 0.2) is 0 Å². The van der Waals surface area contributed by atoms with Crippen LogP contribution in [0.4, 0.5) is 5.82 Å². The summed E-state index contributed by atoms with van der Waals surface area (Å²) in [5, 5.41) is 1.54. The van der Waals surface area contributed by atoms with E-state index in [9.17, 15) is 0 Å². The Kier molecular flexibility index (Phi) is 3.50. The van der Waals surface area contributed by atoms with E-state index in [1.165, 1.54) is 0 Å². The van der Waals surface area contributed by atoms with Crippen LogP contribution in [0.1, 0.15) is 11.6 Å². The van der Waals surface area contributed by atoms with Crippen molar-refractivity contribution < 1.29 is 0 Å². The smallest absolute Gasteiger partial charge is 0.128 e. The molecule has 3 rings (SSSR count). The summed E-state index contributed by atoms with van der Waals surface area (Å²) in [7, 11) is 0. The molecular formula is C13H12ClN5S. The average Bonchev–Trinajstić information content (AvgIpc) is 2.77. The Morgan fingerprint density at radius 2 is 2.10 bits per heavy atom. The predicted octanol–water partition coefficient (Wildman–Crippen LogP) is 3.19. The Labute approximate surface area is 125 Å². The van der Waals surface area contributed by atoms with Crippen LogP contribution in [0.5, 0.6) is 0 Å². The number of rotatable bonds is 3. The molecule has 0 fully saturated rings. The summed E-state index contributed by atoms with van der Waals surface area (Å²) in [4.78, 5) is 16.1. The number of imidazole rings is 1. The lowest BCUT2D eigenvalue weighted by Crippen LogP contribution is -1.96. The van der Waals surface area contributed by atoms with E-state index in [0.29, 0.717) is 22.4 Å². The number of benzene rings is 1. The third kappa shape index (κ3) is 2.86. The van der Waals surface area contributed by atoms with Crippen LogP contribution in [-0.2, 0) is 5.75 Å². The Morgan fingerprint density at radius 3 is 2.90 bits per heavy atom. The summed E-state index contributed by atoms with van der Waals surface area (Å²) in [6.45, 7) is 1.82. The van der Waals surface area contributed by atoms with Crippen molar-refractivity contribution in [1.82, 2.24) is 19.9 Å². The highest BCUT2D eigenvalue weighted by molar-refractivity contribution is 7.98. The molecule has 0 aliphatic carbocycles. The summed E-state index contributed by atoms with van der Waals surface area (Å²) in [5.74, 6) is 2.71. The van der Waals surface area contributed by atoms with Crippen molar-refractivity contribution in [3.8, 4) is 0 Å². The van der Waals surface area contributed by atoms with Crippen molar-refractivity contribution in [2.24, 2.45) is 0 Å². The highest BCUT2D eigenvalue weighted by atomic mass is 35.5. The van der Waals surface area contributed by atoms with Gasteiger partial charge < -0.3 is 10.7 Å². The second-order valence-corrected chi connectivity index (χ2v) is 5.74. The number of aryl methyl sites for hydroxylation is 1. The molecule has 2 heterocycles. The molecule has 1 aromatic carbocycles. The second-order valence-electron chi connectivity index (χ2n) is 4.31. The first-order valence-corrected chi connectivity index (χ1v) is 7.34. The van der Waals surface area contributed by atoms with Crippen LogP contribution in [0.2, 0.25) is 5.02 Å². The lowest BCUT2D eigenvalue weighted by Gasteiger charge is -2.01. The van der Waals surface area contributed by atoms with Gasteiger partial charge >= 0.3 is 0 Å². The molecule has 0 atom stereocenters. The number of anilines is 1. The zero-order chi connectivity index (χ0) is 14.1. The molecule has 0 radical (unpaired) electrons. The van der Waals surface area contributed by atoms with E-state index < -0.39 is 0 Å². The Bertz CT molecular complexity index is 750. The van der Waals surface area contributed by atoms with Gasteiger partial charge in [-0.3, -0.25) is 0 Å². The molecule has 0 spiro atoms. The standard InChI is InChI=1S/C13H12ClN5S/c1-7-16-11(15)5-13(17-7)20-6-12-18-9-3-2-8(14)4-10(9)19-12/h2-5H,6H2,1H3,(H,18,19)(H2,15,16,17). The first kappa shape index (κ1) is 13.2. The SMILES string of the molecule is Cc1nc(N)cc(SCc2nc3ccc(Cl)cc3[nH]2)n1. The van der Waals surface area contributed by atoms with Crippen molar-refractivity contribution in [2.75, 3.05) is 5.73 Å². The summed E-state index contributed by atoms with van der Waals surface area (Å²) in [6, 6.07) is 7.35. The maximum Gasteiger partial charge on any atom is 0.128 e. The molecule has 0 unspecified atom stereocenters. The zero-order valence-corrected chi connectivity index (χ0v) is 12.3. The van der Waals surface area contributed by atoms with E-state index in [4.69, 9.17) is 17.3 Å². The van der Waals surface area contributed by atoms with Crippen LogP contribution in [0.25, 0.3) is 11.0 Å². The number of hydrogen-bond acceptors (Lipinski definition) is 5. The number of nitrogens with zero attached hydrogens (tertiary/aromatic N) is 3. The fraction of sp³-hybridized carbons (Fsp3) is 0.154. The van der Waals surface area contributed by atoms with Crippen molar-refractivity contribution in [1.29, 1.82) is 0 Å². The molecule has 20 heavy (non-hydrogen) atoms. The van der Waals surface area contributed by atoms with Gasteiger partial charge in [0.2, 0.25) is 0 Å². The molecule has 0 saturated carbocycles. The van der Waals surface area contributed by atoms with E-state index in [1.54, 1.807) is 17.8 Å². The number of halogens is 1. The van der Waals surface area contributed by atoms with Crippen molar-refractivity contribution >= 4 is 40.2 Å². The first-order chi connectivity index (χ1) is 9.60. The molecule has 7 heteroatoms. The highest BCUT2D eigenvalue weighted by Crippen LogP contribution is 2.23. The van der Waals surface area contributed by atoms with Gasteiger partial charge in [0.1, 0.15) is 22.5 Å². The maximum atomic E-state index is 5.95. The second kappa shape index (κ2) is 5.30. The molecular weight excluding hydrogens is 294 g/mol. The molecule has 2 aromatic heterocycles. The minimum absolute atomic E-state index is 0.483. The number of hydrogen-bond donors (Lipinski definition) is 2.